The average molecular weight is 449 g/mol. The van der Waals surface area contributed by atoms with Gasteiger partial charge in [-0.3, -0.25) is 9.36 Å². The Morgan fingerprint density at radius 1 is 1.00 bits per heavy atom. The largest absolute Gasteiger partial charge is 0.493 e. The van der Waals surface area contributed by atoms with Crippen molar-refractivity contribution in [1.82, 2.24) is 19.5 Å². The van der Waals surface area contributed by atoms with Crippen molar-refractivity contribution < 1.29 is 9.47 Å². The molecule has 32 heavy (non-hydrogen) atoms. The molecule has 2 aromatic carbocycles. The molecule has 0 N–H and O–H groups in total. The number of rotatable bonds is 8. The van der Waals surface area contributed by atoms with Gasteiger partial charge in [-0.2, -0.15) is 0 Å². The second-order valence-electron chi connectivity index (χ2n) is 7.23. The van der Waals surface area contributed by atoms with Crippen LogP contribution in [0.5, 0.6) is 11.5 Å². The van der Waals surface area contributed by atoms with E-state index in [2.05, 4.69) is 34.0 Å². The third-order valence-electron chi connectivity index (χ3n) is 5.25. The number of hydrogen-bond acceptors (Lipinski definition) is 7. The van der Waals surface area contributed by atoms with Gasteiger partial charge in [0.2, 0.25) is 0 Å². The third-order valence-corrected chi connectivity index (χ3v) is 6.27. The van der Waals surface area contributed by atoms with Gasteiger partial charge < -0.3 is 9.47 Å². The number of fused-ring (bicyclic) bond motifs is 1. The summed E-state index contributed by atoms with van der Waals surface area (Å²) in [4.78, 5) is 26.4. The van der Waals surface area contributed by atoms with Crippen LogP contribution < -0.4 is 15.0 Å². The summed E-state index contributed by atoms with van der Waals surface area (Å²) in [5.74, 6) is 2.04. The second kappa shape index (κ2) is 9.82. The molecule has 0 atom stereocenters. The predicted molar refractivity (Wildman–Crippen MR) is 126 cm³/mol. The van der Waals surface area contributed by atoms with Crippen molar-refractivity contribution in [1.29, 1.82) is 0 Å². The Hall–Kier alpha value is -3.39. The monoisotopic (exact) mass is 448 g/mol. The van der Waals surface area contributed by atoms with E-state index in [9.17, 15) is 4.79 Å². The highest BCUT2D eigenvalue weighted by molar-refractivity contribution is 7.98. The summed E-state index contributed by atoms with van der Waals surface area (Å²) in [7, 11) is 3.22. The van der Waals surface area contributed by atoms with Crippen molar-refractivity contribution in [3.63, 3.8) is 0 Å². The molecule has 2 aromatic heterocycles. The molecule has 2 heterocycles. The van der Waals surface area contributed by atoms with E-state index in [1.165, 1.54) is 29.1 Å². The molecule has 0 aliphatic carbocycles. The second-order valence-corrected chi connectivity index (χ2v) is 8.18. The lowest BCUT2D eigenvalue weighted by Gasteiger charge is -2.14. The summed E-state index contributed by atoms with van der Waals surface area (Å²) >= 11 is 1.53. The summed E-state index contributed by atoms with van der Waals surface area (Å²) in [6, 6.07) is 14.0. The summed E-state index contributed by atoms with van der Waals surface area (Å²) in [6.45, 7) is 2.54. The first-order valence-electron chi connectivity index (χ1n) is 10.2. The highest BCUT2D eigenvalue weighted by Gasteiger charge is 2.14. The maximum atomic E-state index is 13.2. The topological polar surface area (TPSA) is 79.1 Å². The van der Waals surface area contributed by atoms with Gasteiger partial charge in [-0.15, -0.1) is 0 Å². The van der Waals surface area contributed by atoms with Gasteiger partial charge in [-0.05, 0) is 42.2 Å². The van der Waals surface area contributed by atoms with Crippen LogP contribution in [0.15, 0.2) is 64.8 Å². The first-order valence-corrected chi connectivity index (χ1v) is 11.2. The maximum Gasteiger partial charge on any atom is 0.282 e. The van der Waals surface area contributed by atoms with E-state index < -0.39 is 0 Å². The van der Waals surface area contributed by atoms with Crippen LogP contribution in [0.25, 0.3) is 11.2 Å². The fourth-order valence-electron chi connectivity index (χ4n) is 3.43. The van der Waals surface area contributed by atoms with Gasteiger partial charge in [0.1, 0.15) is 0 Å². The molecule has 8 heteroatoms. The van der Waals surface area contributed by atoms with E-state index in [1.54, 1.807) is 25.0 Å². The molecule has 164 valence electrons. The predicted octanol–water partition coefficient (Wildman–Crippen LogP) is 4.05. The fourth-order valence-corrected chi connectivity index (χ4v) is 4.52. The van der Waals surface area contributed by atoms with Crippen LogP contribution in [-0.4, -0.2) is 33.7 Å². The van der Waals surface area contributed by atoms with Crippen molar-refractivity contribution in [2.45, 2.75) is 30.8 Å². The molecule has 0 aliphatic heterocycles. The van der Waals surface area contributed by atoms with Gasteiger partial charge in [-0.25, -0.2) is 15.0 Å². The molecule has 7 nitrogen and oxygen atoms in total. The summed E-state index contributed by atoms with van der Waals surface area (Å²) in [5, 5.41) is 0.631. The molecular weight excluding hydrogens is 424 g/mol. The number of aryl methyl sites for hydroxylation is 2. The zero-order chi connectivity index (χ0) is 22.5. The van der Waals surface area contributed by atoms with Gasteiger partial charge in [0.15, 0.2) is 27.8 Å². The molecule has 0 saturated carbocycles. The zero-order valence-corrected chi connectivity index (χ0v) is 19.1. The Balaban J connectivity index is 1.66. The Bertz CT molecular complexity index is 1310. The Kier molecular flexibility index (Phi) is 6.70. The van der Waals surface area contributed by atoms with Gasteiger partial charge in [-0.1, -0.05) is 42.1 Å². The van der Waals surface area contributed by atoms with Crippen LogP contribution in [0, 0.1) is 6.92 Å². The molecule has 4 aromatic rings. The number of aromatic nitrogens is 4. The highest BCUT2D eigenvalue weighted by atomic mass is 32.2. The van der Waals surface area contributed by atoms with E-state index in [1.807, 2.05) is 30.3 Å². The molecule has 0 amide bonds. The van der Waals surface area contributed by atoms with Crippen LogP contribution in [0.4, 0.5) is 0 Å². The Labute approximate surface area is 190 Å². The fraction of sp³-hybridized carbons (Fsp3) is 0.250. The number of hydrogen-bond donors (Lipinski definition) is 0. The number of benzene rings is 2. The van der Waals surface area contributed by atoms with E-state index in [-0.39, 0.29) is 11.1 Å². The SMILES string of the molecule is COc1ccc(CCn2c(SCc3ccccc3C)nc3nccnc3c2=O)cc1OC. The standard InChI is InChI=1S/C24H24N4O3S/c1-16-6-4-5-7-18(16)15-32-24-27-22-21(25-11-12-26-22)23(29)28(24)13-10-17-8-9-19(30-2)20(14-17)31-3/h4-9,11-12,14H,10,13,15H2,1-3H3. The average Bonchev–Trinajstić information content (AvgIpc) is 2.83. The van der Waals surface area contributed by atoms with Crippen molar-refractivity contribution in [2.75, 3.05) is 14.2 Å². The summed E-state index contributed by atoms with van der Waals surface area (Å²) < 4.78 is 12.4. The molecule has 0 fully saturated rings. The Morgan fingerprint density at radius 3 is 2.56 bits per heavy atom. The third kappa shape index (κ3) is 4.60. The quantitative estimate of drug-likeness (QED) is 0.297. The van der Waals surface area contributed by atoms with E-state index in [4.69, 9.17) is 9.47 Å². The maximum absolute atomic E-state index is 13.2. The van der Waals surface area contributed by atoms with E-state index in [0.717, 1.165) is 5.56 Å². The van der Waals surface area contributed by atoms with Gasteiger partial charge >= 0.3 is 0 Å². The highest BCUT2D eigenvalue weighted by Crippen LogP contribution is 2.28. The van der Waals surface area contributed by atoms with E-state index >= 15 is 0 Å². The molecule has 0 saturated heterocycles. The minimum absolute atomic E-state index is 0.184. The molecular formula is C24H24N4O3S. The minimum atomic E-state index is -0.184. The molecule has 0 unspecified atom stereocenters. The van der Waals surface area contributed by atoms with Crippen molar-refractivity contribution in [3.8, 4) is 11.5 Å². The lowest BCUT2D eigenvalue weighted by Crippen LogP contribution is -2.25. The first kappa shape index (κ1) is 21.8. The number of ether oxygens (including phenoxy) is 2. The molecule has 4 rings (SSSR count). The first-order chi connectivity index (χ1) is 15.6. The number of methoxy groups -OCH3 is 2. The number of thioether (sulfide) groups is 1. The van der Waals surface area contributed by atoms with Crippen LogP contribution >= 0.6 is 11.8 Å². The summed E-state index contributed by atoms with van der Waals surface area (Å²) in [6.07, 6.45) is 3.70. The lowest BCUT2D eigenvalue weighted by molar-refractivity contribution is 0.354. The molecule has 0 bridgehead atoms. The minimum Gasteiger partial charge on any atom is -0.493 e. The van der Waals surface area contributed by atoms with Crippen LogP contribution in [0.2, 0.25) is 0 Å². The van der Waals surface area contributed by atoms with Crippen LogP contribution in [0.1, 0.15) is 16.7 Å². The molecule has 0 aliphatic rings. The van der Waals surface area contributed by atoms with Gasteiger partial charge in [0, 0.05) is 24.7 Å². The molecule has 0 radical (unpaired) electrons. The Morgan fingerprint density at radius 2 is 1.78 bits per heavy atom. The number of nitrogens with zero attached hydrogens (tertiary/aromatic N) is 4. The summed E-state index contributed by atoms with van der Waals surface area (Å²) in [5.41, 5.74) is 3.91. The van der Waals surface area contributed by atoms with E-state index in [0.29, 0.717) is 41.0 Å². The lowest BCUT2D eigenvalue weighted by atomic mass is 10.1. The normalized spacial score (nSPS) is 11.0. The van der Waals surface area contributed by atoms with Gasteiger partial charge in [0.25, 0.3) is 5.56 Å². The van der Waals surface area contributed by atoms with Crippen molar-refractivity contribution in [2.24, 2.45) is 0 Å². The molecule has 0 spiro atoms. The van der Waals surface area contributed by atoms with Crippen molar-refractivity contribution in [3.05, 3.63) is 81.9 Å². The smallest absolute Gasteiger partial charge is 0.282 e. The zero-order valence-electron chi connectivity index (χ0n) is 18.2. The van der Waals surface area contributed by atoms with Crippen molar-refractivity contribution >= 4 is 22.9 Å². The van der Waals surface area contributed by atoms with Crippen LogP contribution in [0.3, 0.4) is 0 Å². The van der Waals surface area contributed by atoms with Crippen LogP contribution in [-0.2, 0) is 18.7 Å². The van der Waals surface area contributed by atoms with Gasteiger partial charge in [0.05, 0.1) is 14.2 Å².